The highest BCUT2D eigenvalue weighted by molar-refractivity contribution is 7.14. The molecule has 2 aromatic carbocycles. The smallest absolute Gasteiger partial charge is 0.246 e. The maximum absolute atomic E-state index is 12.3. The van der Waals surface area contributed by atoms with Crippen LogP contribution >= 0.6 is 22.9 Å². The molecule has 124 valence electrons. The molecule has 2 heterocycles. The molecule has 4 aromatic rings. The van der Waals surface area contributed by atoms with Crippen LogP contribution in [0.4, 0.5) is 5.13 Å². The first-order valence-corrected chi connectivity index (χ1v) is 8.86. The number of imidazole rings is 1. The number of hydrogen-bond acceptors (Lipinski definition) is 4. The Morgan fingerprint density at radius 2 is 1.96 bits per heavy atom. The van der Waals surface area contributed by atoms with Crippen LogP contribution in [-0.4, -0.2) is 20.4 Å². The van der Waals surface area contributed by atoms with E-state index in [4.69, 9.17) is 11.6 Å². The van der Waals surface area contributed by atoms with Crippen LogP contribution in [0, 0.1) is 0 Å². The molecule has 0 fully saturated rings. The third kappa shape index (κ3) is 3.40. The van der Waals surface area contributed by atoms with Crippen LogP contribution in [-0.2, 0) is 11.3 Å². The van der Waals surface area contributed by atoms with Crippen molar-refractivity contribution in [3.05, 3.63) is 65.3 Å². The molecule has 0 aliphatic rings. The van der Waals surface area contributed by atoms with Gasteiger partial charge in [0, 0.05) is 16.0 Å². The summed E-state index contributed by atoms with van der Waals surface area (Å²) in [6, 6.07) is 15.2. The second kappa shape index (κ2) is 6.66. The van der Waals surface area contributed by atoms with Gasteiger partial charge in [-0.3, -0.25) is 4.79 Å². The van der Waals surface area contributed by atoms with Crippen molar-refractivity contribution in [2.45, 2.75) is 6.54 Å². The number of para-hydroxylation sites is 2. The van der Waals surface area contributed by atoms with Crippen LogP contribution in [0.1, 0.15) is 0 Å². The van der Waals surface area contributed by atoms with Crippen LogP contribution < -0.4 is 5.32 Å². The van der Waals surface area contributed by atoms with Gasteiger partial charge in [-0.2, -0.15) is 0 Å². The molecular formula is C18H13ClN4OS. The number of thiazole rings is 1. The number of nitrogens with one attached hydrogen (secondary N) is 1. The minimum Gasteiger partial charge on any atom is -0.321 e. The Kier molecular flexibility index (Phi) is 4.21. The molecular weight excluding hydrogens is 356 g/mol. The van der Waals surface area contributed by atoms with Gasteiger partial charge in [-0.25, -0.2) is 9.97 Å². The second-order valence-corrected chi connectivity index (χ2v) is 6.75. The number of carbonyl (C=O) groups is 1. The number of fused-ring (bicyclic) bond motifs is 1. The molecule has 1 N–H and O–H groups in total. The van der Waals surface area contributed by atoms with Crippen molar-refractivity contribution in [1.82, 2.24) is 14.5 Å². The molecule has 0 atom stereocenters. The topological polar surface area (TPSA) is 59.8 Å². The van der Waals surface area contributed by atoms with E-state index in [1.54, 1.807) is 6.33 Å². The Balaban J connectivity index is 1.47. The third-order valence-corrected chi connectivity index (χ3v) is 4.74. The van der Waals surface area contributed by atoms with Crippen LogP contribution in [0.15, 0.2) is 60.2 Å². The van der Waals surface area contributed by atoms with E-state index < -0.39 is 0 Å². The number of nitrogens with zero attached hydrogens (tertiary/aromatic N) is 3. The van der Waals surface area contributed by atoms with Crippen molar-refractivity contribution < 1.29 is 4.79 Å². The van der Waals surface area contributed by atoms with E-state index in [1.807, 2.05) is 58.5 Å². The fourth-order valence-corrected chi connectivity index (χ4v) is 3.40. The van der Waals surface area contributed by atoms with Crippen molar-refractivity contribution in [3.8, 4) is 11.3 Å². The number of anilines is 1. The Bertz CT molecular complexity index is 1040. The summed E-state index contributed by atoms with van der Waals surface area (Å²) < 4.78 is 1.82. The van der Waals surface area contributed by atoms with Crippen LogP contribution in [0.25, 0.3) is 22.3 Å². The number of hydrogen-bond donors (Lipinski definition) is 1. The first-order valence-electron chi connectivity index (χ1n) is 7.60. The van der Waals surface area contributed by atoms with E-state index in [0.29, 0.717) is 10.2 Å². The molecule has 0 saturated carbocycles. The molecule has 0 aliphatic heterocycles. The number of halogens is 1. The van der Waals surface area contributed by atoms with Crippen molar-refractivity contribution in [3.63, 3.8) is 0 Å². The lowest BCUT2D eigenvalue weighted by molar-refractivity contribution is -0.116. The van der Waals surface area contributed by atoms with Gasteiger partial charge in [0.2, 0.25) is 5.91 Å². The normalized spacial score (nSPS) is 10.9. The first kappa shape index (κ1) is 15.8. The molecule has 1 amide bonds. The van der Waals surface area contributed by atoms with E-state index >= 15 is 0 Å². The summed E-state index contributed by atoms with van der Waals surface area (Å²) in [5.74, 6) is -0.139. The Hall–Kier alpha value is -2.70. The third-order valence-electron chi connectivity index (χ3n) is 3.73. The van der Waals surface area contributed by atoms with Gasteiger partial charge in [0.05, 0.1) is 23.1 Å². The highest BCUT2D eigenvalue weighted by Crippen LogP contribution is 2.26. The molecule has 0 bridgehead atoms. The predicted molar refractivity (Wildman–Crippen MR) is 101 cm³/mol. The highest BCUT2D eigenvalue weighted by atomic mass is 35.5. The maximum atomic E-state index is 12.3. The number of amides is 1. The van der Waals surface area contributed by atoms with Crippen molar-refractivity contribution in [2.24, 2.45) is 0 Å². The van der Waals surface area contributed by atoms with Gasteiger partial charge < -0.3 is 9.88 Å². The number of benzene rings is 2. The maximum Gasteiger partial charge on any atom is 0.246 e. The average Bonchev–Trinajstić information content (AvgIpc) is 3.23. The highest BCUT2D eigenvalue weighted by Gasteiger charge is 2.10. The van der Waals surface area contributed by atoms with E-state index in [9.17, 15) is 4.79 Å². The Labute approximate surface area is 152 Å². The minimum absolute atomic E-state index is 0.139. The fraction of sp³-hybridized carbons (Fsp3) is 0.0556. The lowest BCUT2D eigenvalue weighted by Gasteiger charge is -2.04. The molecule has 0 aliphatic carbocycles. The molecule has 5 nitrogen and oxygen atoms in total. The largest absolute Gasteiger partial charge is 0.321 e. The Morgan fingerprint density at radius 1 is 1.16 bits per heavy atom. The quantitative estimate of drug-likeness (QED) is 0.578. The van der Waals surface area contributed by atoms with E-state index in [0.717, 1.165) is 22.3 Å². The van der Waals surface area contributed by atoms with Gasteiger partial charge >= 0.3 is 0 Å². The van der Waals surface area contributed by atoms with E-state index in [1.165, 1.54) is 11.3 Å². The predicted octanol–water partition coefficient (Wildman–Crippen LogP) is 4.45. The minimum atomic E-state index is -0.139. The molecule has 25 heavy (non-hydrogen) atoms. The number of rotatable bonds is 4. The summed E-state index contributed by atoms with van der Waals surface area (Å²) in [6.07, 6.45) is 1.67. The summed E-state index contributed by atoms with van der Waals surface area (Å²) in [5.41, 5.74) is 3.57. The zero-order chi connectivity index (χ0) is 17.2. The second-order valence-electron chi connectivity index (χ2n) is 5.45. The molecule has 0 unspecified atom stereocenters. The lowest BCUT2D eigenvalue weighted by Crippen LogP contribution is -2.18. The van der Waals surface area contributed by atoms with Gasteiger partial charge in [0.1, 0.15) is 6.54 Å². The van der Waals surface area contributed by atoms with Gasteiger partial charge in [-0.05, 0) is 24.3 Å². The number of aromatic nitrogens is 3. The van der Waals surface area contributed by atoms with Crippen LogP contribution in [0.3, 0.4) is 0 Å². The first-order chi connectivity index (χ1) is 12.2. The summed E-state index contributed by atoms with van der Waals surface area (Å²) in [4.78, 5) is 21.1. The van der Waals surface area contributed by atoms with Gasteiger partial charge in [0.25, 0.3) is 0 Å². The molecule has 0 saturated heterocycles. The van der Waals surface area contributed by atoms with Crippen molar-refractivity contribution in [2.75, 3.05) is 5.32 Å². The Morgan fingerprint density at radius 3 is 2.80 bits per heavy atom. The monoisotopic (exact) mass is 368 g/mol. The van der Waals surface area contributed by atoms with Crippen molar-refractivity contribution in [1.29, 1.82) is 0 Å². The molecule has 0 spiro atoms. The summed E-state index contributed by atoms with van der Waals surface area (Å²) in [6.45, 7) is 0.191. The molecule has 0 radical (unpaired) electrons. The standard InChI is InChI=1S/C18H13ClN4OS/c19-13-7-5-12(6-8-13)15-10-25-18(21-15)22-17(24)9-23-11-20-14-3-1-2-4-16(14)23/h1-8,10-11H,9H2,(H,21,22,24). The van der Waals surface area contributed by atoms with Gasteiger partial charge in [0.15, 0.2) is 5.13 Å². The van der Waals surface area contributed by atoms with Gasteiger partial charge in [-0.15, -0.1) is 11.3 Å². The summed E-state index contributed by atoms with van der Waals surface area (Å²) in [5, 5.41) is 6.00. The van der Waals surface area contributed by atoms with E-state index in [-0.39, 0.29) is 12.5 Å². The summed E-state index contributed by atoms with van der Waals surface area (Å²) in [7, 11) is 0. The molecule has 4 rings (SSSR count). The zero-order valence-electron chi connectivity index (χ0n) is 13.0. The van der Waals surface area contributed by atoms with Crippen molar-refractivity contribution >= 4 is 45.0 Å². The van der Waals surface area contributed by atoms with E-state index in [2.05, 4.69) is 15.3 Å². The molecule has 7 heteroatoms. The lowest BCUT2D eigenvalue weighted by atomic mass is 10.2. The summed E-state index contributed by atoms with van der Waals surface area (Å²) >= 11 is 7.29. The number of carbonyl (C=O) groups excluding carboxylic acids is 1. The molecule has 2 aromatic heterocycles. The van der Waals surface area contributed by atoms with Gasteiger partial charge in [-0.1, -0.05) is 35.9 Å². The fourth-order valence-electron chi connectivity index (χ4n) is 2.53. The zero-order valence-corrected chi connectivity index (χ0v) is 14.6. The average molecular weight is 369 g/mol. The van der Waals surface area contributed by atoms with Crippen LogP contribution in [0.5, 0.6) is 0 Å². The SMILES string of the molecule is O=C(Cn1cnc2ccccc21)Nc1nc(-c2ccc(Cl)cc2)cs1. The van der Waals surface area contributed by atoms with Crippen LogP contribution in [0.2, 0.25) is 5.02 Å².